The van der Waals surface area contributed by atoms with Gasteiger partial charge in [-0.3, -0.25) is 0 Å². The van der Waals surface area contributed by atoms with Crippen molar-refractivity contribution in [3.05, 3.63) is 41.0 Å². The number of hydrogen-bond acceptors (Lipinski definition) is 5. The second-order valence-electron chi connectivity index (χ2n) is 4.71. The average Bonchev–Trinajstić information content (AvgIpc) is 2.92. The maximum absolute atomic E-state index is 6.07. The van der Waals surface area contributed by atoms with E-state index in [1.54, 1.807) is 11.8 Å². The smallest absolute Gasteiger partial charge is 0.243 e. The Kier molecular flexibility index (Phi) is 5.46. The highest BCUT2D eigenvalue weighted by atomic mass is 35.5. The molecule has 1 aromatic carbocycles. The first kappa shape index (κ1) is 15.4. The molecule has 0 aliphatic carbocycles. The van der Waals surface area contributed by atoms with Crippen LogP contribution in [0.15, 0.2) is 33.7 Å². The highest BCUT2D eigenvalue weighted by Crippen LogP contribution is 2.25. The van der Waals surface area contributed by atoms with Gasteiger partial charge in [-0.2, -0.15) is 4.98 Å². The van der Waals surface area contributed by atoms with Gasteiger partial charge in [0.15, 0.2) is 5.82 Å². The minimum absolute atomic E-state index is 0.197. The average molecular weight is 312 g/mol. The highest BCUT2D eigenvalue weighted by molar-refractivity contribution is 7.98. The molecule has 2 atom stereocenters. The Balaban J connectivity index is 1.96. The number of halogens is 1. The second-order valence-corrected chi connectivity index (χ2v) is 6.19. The zero-order chi connectivity index (χ0) is 14.5. The van der Waals surface area contributed by atoms with Crippen molar-refractivity contribution in [2.45, 2.75) is 37.0 Å². The van der Waals surface area contributed by atoms with E-state index in [4.69, 9.17) is 21.9 Å². The van der Waals surface area contributed by atoms with Gasteiger partial charge in [0, 0.05) is 9.92 Å². The molecule has 0 aliphatic heterocycles. The van der Waals surface area contributed by atoms with Crippen LogP contribution in [0.4, 0.5) is 0 Å². The van der Waals surface area contributed by atoms with E-state index < -0.39 is 0 Å². The Labute approximate surface area is 128 Å². The van der Waals surface area contributed by atoms with Gasteiger partial charge in [-0.1, -0.05) is 43.1 Å². The second kappa shape index (κ2) is 7.11. The maximum atomic E-state index is 6.07. The SMILES string of the molecule is CCC(C)C(N)c1nc(CSc2cccc(Cl)c2)no1. The molecule has 4 nitrogen and oxygen atoms in total. The van der Waals surface area contributed by atoms with Crippen molar-refractivity contribution in [1.29, 1.82) is 0 Å². The molecule has 2 N–H and O–H groups in total. The molecule has 6 heteroatoms. The summed E-state index contributed by atoms with van der Waals surface area (Å²) in [6, 6.07) is 7.49. The lowest BCUT2D eigenvalue weighted by atomic mass is 10.0. The van der Waals surface area contributed by atoms with Gasteiger partial charge in [-0.05, 0) is 24.1 Å². The zero-order valence-electron chi connectivity index (χ0n) is 11.5. The maximum Gasteiger partial charge on any atom is 0.243 e. The van der Waals surface area contributed by atoms with Crippen LogP contribution in [0.5, 0.6) is 0 Å². The van der Waals surface area contributed by atoms with Crippen molar-refractivity contribution in [3.63, 3.8) is 0 Å². The summed E-state index contributed by atoms with van der Waals surface area (Å²) in [6.45, 7) is 4.17. The fourth-order valence-corrected chi connectivity index (χ4v) is 2.72. The van der Waals surface area contributed by atoms with E-state index in [0.29, 0.717) is 23.4 Å². The normalized spacial score (nSPS) is 14.2. The lowest BCUT2D eigenvalue weighted by Crippen LogP contribution is -2.18. The fraction of sp³-hybridized carbons (Fsp3) is 0.429. The monoisotopic (exact) mass is 311 g/mol. The van der Waals surface area contributed by atoms with Crippen LogP contribution in [-0.2, 0) is 5.75 Å². The Hall–Kier alpha value is -1.04. The molecule has 1 aromatic heterocycles. The molecule has 2 unspecified atom stereocenters. The van der Waals surface area contributed by atoms with Crippen LogP contribution in [-0.4, -0.2) is 10.1 Å². The van der Waals surface area contributed by atoms with Crippen LogP contribution in [0.3, 0.4) is 0 Å². The van der Waals surface area contributed by atoms with Gasteiger partial charge in [0.1, 0.15) is 0 Å². The molecule has 0 saturated heterocycles. The molecule has 20 heavy (non-hydrogen) atoms. The summed E-state index contributed by atoms with van der Waals surface area (Å²) < 4.78 is 5.24. The molecule has 0 fully saturated rings. The summed E-state index contributed by atoms with van der Waals surface area (Å²) in [6.07, 6.45) is 0.982. The van der Waals surface area contributed by atoms with Crippen molar-refractivity contribution in [2.24, 2.45) is 11.7 Å². The van der Waals surface area contributed by atoms with E-state index in [0.717, 1.165) is 16.3 Å². The van der Waals surface area contributed by atoms with Crippen LogP contribution < -0.4 is 5.73 Å². The third-order valence-corrected chi connectivity index (χ3v) is 4.41. The number of aromatic nitrogens is 2. The van der Waals surface area contributed by atoms with Crippen molar-refractivity contribution in [3.8, 4) is 0 Å². The van der Waals surface area contributed by atoms with Crippen LogP contribution in [0, 0.1) is 5.92 Å². The fourth-order valence-electron chi connectivity index (χ4n) is 1.66. The number of nitrogens with zero attached hydrogens (tertiary/aromatic N) is 2. The molecular formula is C14H18ClN3OS. The first-order chi connectivity index (χ1) is 9.60. The summed E-state index contributed by atoms with van der Waals surface area (Å²) in [5, 5.41) is 4.70. The molecule has 0 amide bonds. The number of thioether (sulfide) groups is 1. The summed E-state index contributed by atoms with van der Waals surface area (Å²) in [5.41, 5.74) is 6.07. The van der Waals surface area contributed by atoms with E-state index >= 15 is 0 Å². The molecule has 2 aromatic rings. The van der Waals surface area contributed by atoms with E-state index in [1.807, 2.05) is 24.3 Å². The first-order valence-electron chi connectivity index (χ1n) is 6.56. The van der Waals surface area contributed by atoms with Crippen LogP contribution >= 0.6 is 23.4 Å². The van der Waals surface area contributed by atoms with Gasteiger partial charge in [0.05, 0.1) is 11.8 Å². The summed E-state index contributed by atoms with van der Waals surface area (Å²) in [7, 11) is 0. The van der Waals surface area contributed by atoms with Crippen molar-refractivity contribution < 1.29 is 4.52 Å². The molecule has 1 heterocycles. The lowest BCUT2D eigenvalue weighted by Gasteiger charge is -2.12. The van der Waals surface area contributed by atoms with Gasteiger partial charge in [-0.15, -0.1) is 11.8 Å². The summed E-state index contributed by atoms with van der Waals surface area (Å²) in [5.74, 6) is 2.13. The Morgan fingerprint density at radius 1 is 1.45 bits per heavy atom. The molecule has 0 spiro atoms. The minimum Gasteiger partial charge on any atom is -0.338 e. The minimum atomic E-state index is -0.197. The summed E-state index contributed by atoms with van der Waals surface area (Å²) in [4.78, 5) is 5.44. The lowest BCUT2D eigenvalue weighted by molar-refractivity contribution is 0.311. The van der Waals surface area contributed by atoms with E-state index in [2.05, 4.69) is 24.0 Å². The predicted octanol–water partition coefficient (Wildman–Crippen LogP) is 4.06. The van der Waals surface area contributed by atoms with Gasteiger partial charge in [0.2, 0.25) is 5.89 Å². The Morgan fingerprint density at radius 2 is 2.25 bits per heavy atom. The van der Waals surface area contributed by atoms with E-state index in [-0.39, 0.29) is 6.04 Å². The molecule has 2 rings (SSSR count). The quantitative estimate of drug-likeness (QED) is 0.815. The zero-order valence-corrected chi connectivity index (χ0v) is 13.1. The summed E-state index contributed by atoms with van der Waals surface area (Å²) >= 11 is 7.56. The topological polar surface area (TPSA) is 64.9 Å². The van der Waals surface area contributed by atoms with Gasteiger partial charge in [0.25, 0.3) is 0 Å². The number of benzene rings is 1. The predicted molar refractivity (Wildman–Crippen MR) is 81.7 cm³/mol. The highest BCUT2D eigenvalue weighted by Gasteiger charge is 2.19. The van der Waals surface area contributed by atoms with Gasteiger partial charge >= 0.3 is 0 Å². The first-order valence-corrected chi connectivity index (χ1v) is 7.93. The Bertz CT molecular complexity index is 561. The number of rotatable bonds is 6. The van der Waals surface area contributed by atoms with E-state index in [1.165, 1.54) is 0 Å². The molecule has 0 radical (unpaired) electrons. The molecule has 0 saturated carbocycles. The third-order valence-electron chi connectivity index (χ3n) is 3.19. The van der Waals surface area contributed by atoms with Crippen LogP contribution in [0.1, 0.15) is 38.0 Å². The van der Waals surface area contributed by atoms with Crippen molar-refractivity contribution in [1.82, 2.24) is 10.1 Å². The molecule has 0 aliphatic rings. The molecular weight excluding hydrogens is 294 g/mol. The van der Waals surface area contributed by atoms with Crippen LogP contribution in [0.25, 0.3) is 0 Å². The third kappa shape index (κ3) is 3.98. The van der Waals surface area contributed by atoms with Gasteiger partial charge < -0.3 is 10.3 Å². The van der Waals surface area contributed by atoms with Crippen LogP contribution in [0.2, 0.25) is 5.02 Å². The molecule has 0 bridgehead atoms. The Morgan fingerprint density at radius 3 is 2.95 bits per heavy atom. The standard InChI is InChI=1S/C14H18ClN3OS/c1-3-9(2)13(16)14-17-12(18-19-14)8-20-11-6-4-5-10(15)7-11/h4-7,9,13H,3,8,16H2,1-2H3. The number of nitrogens with two attached hydrogens (primary N) is 1. The van der Waals surface area contributed by atoms with Gasteiger partial charge in [-0.25, -0.2) is 0 Å². The largest absolute Gasteiger partial charge is 0.338 e. The van der Waals surface area contributed by atoms with Crippen molar-refractivity contribution >= 4 is 23.4 Å². The van der Waals surface area contributed by atoms with Crippen molar-refractivity contribution in [2.75, 3.05) is 0 Å². The number of hydrogen-bond donors (Lipinski definition) is 1. The molecule has 108 valence electrons. The van der Waals surface area contributed by atoms with E-state index in [9.17, 15) is 0 Å².